The molecular formula is C29H27F3N2O6. The van der Waals surface area contributed by atoms with E-state index in [9.17, 15) is 27.6 Å². The molecule has 2 aromatic carbocycles. The Labute approximate surface area is 228 Å². The molecule has 8 nitrogen and oxygen atoms in total. The minimum Gasteiger partial charge on any atom is -0.462 e. The Morgan fingerprint density at radius 2 is 1.62 bits per heavy atom. The van der Waals surface area contributed by atoms with Crippen LogP contribution in [0, 0.1) is 0 Å². The topological polar surface area (TPSA) is 104 Å². The van der Waals surface area contributed by atoms with Crippen LogP contribution in [0.3, 0.4) is 0 Å². The van der Waals surface area contributed by atoms with Crippen molar-refractivity contribution in [1.82, 2.24) is 4.98 Å². The van der Waals surface area contributed by atoms with E-state index in [4.69, 9.17) is 14.2 Å². The monoisotopic (exact) mass is 556 g/mol. The molecule has 1 heterocycles. The standard InChI is InChI=1S/C29H27F3N2O6/c1-17(35)38-15-23(16-39-18(2)36)40-28(37)24-12-21(19-8-9-19)10-11-26(24)34-22-13-25(29(30,31)32)27(33-14-22)20-6-4-3-5-7-20/h3-7,10-14,19,23,34H,8-9,15-16H2,1-2H3. The fourth-order valence-corrected chi connectivity index (χ4v) is 3.99. The Bertz CT molecular complexity index is 1370. The van der Waals surface area contributed by atoms with Crippen LogP contribution in [0.1, 0.15) is 54.1 Å². The quantitative estimate of drug-likeness (QED) is 0.238. The highest BCUT2D eigenvalue weighted by atomic mass is 19.4. The van der Waals surface area contributed by atoms with Gasteiger partial charge in [0.05, 0.1) is 34.4 Å². The molecule has 1 saturated carbocycles. The van der Waals surface area contributed by atoms with E-state index >= 15 is 0 Å². The third-order valence-electron chi connectivity index (χ3n) is 6.05. The summed E-state index contributed by atoms with van der Waals surface area (Å²) >= 11 is 0. The molecule has 0 bridgehead atoms. The lowest BCUT2D eigenvalue weighted by atomic mass is 10.0. The molecule has 0 saturated heterocycles. The third-order valence-corrected chi connectivity index (χ3v) is 6.05. The number of carbonyl (C=O) groups is 3. The molecule has 0 unspecified atom stereocenters. The van der Waals surface area contributed by atoms with E-state index in [-0.39, 0.29) is 41.8 Å². The average molecular weight is 557 g/mol. The van der Waals surface area contributed by atoms with Crippen LogP contribution in [0.2, 0.25) is 0 Å². The van der Waals surface area contributed by atoms with Gasteiger partial charge < -0.3 is 19.5 Å². The predicted octanol–water partition coefficient (Wildman–Crippen LogP) is 6.04. The van der Waals surface area contributed by atoms with Crippen LogP contribution < -0.4 is 5.32 Å². The molecule has 1 aromatic heterocycles. The van der Waals surface area contributed by atoms with Crippen LogP contribution in [-0.4, -0.2) is 42.2 Å². The molecule has 0 spiro atoms. The number of ether oxygens (including phenoxy) is 3. The third kappa shape index (κ3) is 7.58. The van der Waals surface area contributed by atoms with Crippen molar-refractivity contribution in [1.29, 1.82) is 0 Å². The van der Waals surface area contributed by atoms with E-state index in [0.29, 0.717) is 5.56 Å². The highest BCUT2D eigenvalue weighted by molar-refractivity contribution is 5.97. The molecule has 0 amide bonds. The van der Waals surface area contributed by atoms with Crippen molar-refractivity contribution in [3.05, 3.63) is 77.5 Å². The van der Waals surface area contributed by atoms with E-state index in [1.165, 1.54) is 32.2 Å². The van der Waals surface area contributed by atoms with Gasteiger partial charge in [-0.25, -0.2) is 4.79 Å². The number of hydrogen-bond acceptors (Lipinski definition) is 8. The van der Waals surface area contributed by atoms with Crippen molar-refractivity contribution in [2.45, 2.75) is 44.9 Å². The summed E-state index contributed by atoms with van der Waals surface area (Å²) in [6.45, 7) is 1.66. The van der Waals surface area contributed by atoms with E-state index in [0.717, 1.165) is 24.5 Å². The molecule has 0 radical (unpaired) electrons. The highest BCUT2D eigenvalue weighted by Crippen LogP contribution is 2.42. The Morgan fingerprint density at radius 3 is 2.20 bits per heavy atom. The molecular weight excluding hydrogens is 529 g/mol. The number of esters is 3. The number of anilines is 2. The van der Waals surface area contributed by atoms with Gasteiger partial charge in [0.2, 0.25) is 0 Å². The summed E-state index contributed by atoms with van der Waals surface area (Å²) < 4.78 is 57.3. The first-order chi connectivity index (χ1) is 19.0. The largest absolute Gasteiger partial charge is 0.462 e. The zero-order valence-corrected chi connectivity index (χ0v) is 21.8. The lowest BCUT2D eigenvalue weighted by Crippen LogP contribution is -2.30. The number of hydrogen-bond donors (Lipinski definition) is 1. The number of pyridine rings is 1. The average Bonchev–Trinajstić information content (AvgIpc) is 3.76. The summed E-state index contributed by atoms with van der Waals surface area (Å²) in [6, 6.07) is 14.0. The van der Waals surface area contributed by atoms with E-state index in [1.54, 1.807) is 36.4 Å². The Kier molecular flexibility index (Phi) is 8.71. The van der Waals surface area contributed by atoms with Crippen LogP contribution in [0.25, 0.3) is 11.3 Å². The molecule has 0 atom stereocenters. The number of aromatic nitrogens is 1. The fraction of sp³-hybridized carbons (Fsp3) is 0.310. The molecule has 40 heavy (non-hydrogen) atoms. The Morgan fingerprint density at radius 1 is 0.975 bits per heavy atom. The predicted molar refractivity (Wildman–Crippen MR) is 139 cm³/mol. The summed E-state index contributed by atoms with van der Waals surface area (Å²) in [5.41, 5.74) is 0.285. The van der Waals surface area contributed by atoms with Crippen LogP contribution in [-0.2, 0) is 30.0 Å². The second-order valence-corrected chi connectivity index (χ2v) is 9.32. The molecule has 0 aliphatic heterocycles. The minimum absolute atomic E-state index is 0.0107. The second-order valence-electron chi connectivity index (χ2n) is 9.32. The highest BCUT2D eigenvalue weighted by Gasteiger charge is 2.35. The number of rotatable bonds is 10. The van der Waals surface area contributed by atoms with Gasteiger partial charge in [0.1, 0.15) is 13.2 Å². The van der Waals surface area contributed by atoms with Gasteiger partial charge in [-0.2, -0.15) is 13.2 Å². The fourth-order valence-electron chi connectivity index (χ4n) is 3.99. The van der Waals surface area contributed by atoms with Gasteiger partial charge in [0.25, 0.3) is 0 Å². The molecule has 1 N–H and O–H groups in total. The molecule has 1 aliphatic carbocycles. The zero-order valence-electron chi connectivity index (χ0n) is 21.8. The maximum Gasteiger partial charge on any atom is 0.418 e. The molecule has 4 rings (SSSR count). The van der Waals surface area contributed by atoms with Crippen LogP contribution in [0.5, 0.6) is 0 Å². The molecule has 1 fully saturated rings. The SMILES string of the molecule is CC(=O)OCC(COC(C)=O)OC(=O)c1cc(C2CC2)ccc1Nc1cnc(-c2ccccc2)c(C(F)(F)F)c1. The molecule has 3 aromatic rings. The Hall–Kier alpha value is -4.41. The smallest absolute Gasteiger partial charge is 0.418 e. The van der Waals surface area contributed by atoms with Gasteiger partial charge in [0, 0.05) is 19.4 Å². The summed E-state index contributed by atoms with van der Waals surface area (Å²) in [7, 11) is 0. The van der Waals surface area contributed by atoms with Crippen molar-refractivity contribution in [3.8, 4) is 11.3 Å². The summed E-state index contributed by atoms with van der Waals surface area (Å²) in [4.78, 5) is 39.9. The van der Waals surface area contributed by atoms with Gasteiger partial charge in [-0.1, -0.05) is 36.4 Å². The lowest BCUT2D eigenvalue weighted by molar-refractivity contribution is -0.150. The van der Waals surface area contributed by atoms with Crippen molar-refractivity contribution in [3.63, 3.8) is 0 Å². The van der Waals surface area contributed by atoms with Crippen molar-refractivity contribution in [2.75, 3.05) is 18.5 Å². The normalized spacial score (nSPS) is 13.1. The van der Waals surface area contributed by atoms with Gasteiger partial charge >= 0.3 is 24.1 Å². The maximum atomic E-state index is 14.0. The minimum atomic E-state index is -4.69. The van der Waals surface area contributed by atoms with Crippen LogP contribution in [0.15, 0.2) is 60.8 Å². The first-order valence-electron chi connectivity index (χ1n) is 12.5. The van der Waals surface area contributed by atoms with Gasteiger partial charge in [-0.05, 0) is 42.5 Å². The van der Waals surface area contributed by atoms with Crippen molar-refractivity contribution >= 4 is 29.3 Å². The lowest BCUT2D eigenvalue weighted by Gasteiger charge is -2.20. The molecule has 1 aliphatic rings. The van der Waals surface area contributed by atoms with Crippen molar-refractivity contribution < 1.29 is 41.8 Å². The van der Waals surface area contributed by atoms with E-state index in [2.05, 4.69) is 10.3 Å². The number of carbonyl (C=O) groups excluding carboxylic acids is 3. The molecule has 210 valence electrons. The number of halogens is 3. The summed E-state index contributed by atoms with van der Waals surface area (Å²) in [6.07, 6.45) is -2.63. The first-order valence-corrected chi connectivity index (χ1v) is 12.5. The molecule has 11 heteroatoms. The number of benzene rings is 2. The van der Waals surface area contributed by atoms with Gasteiger partial charge in [0.15, 0.2) is 6.10 Å². The first kappa shape index (κ1) is 28.6. The number of alkyl halides is 3. The van der Waals surface area contributed by atoms with Gasteiger partial charge in [-0.15, -0.1) is 0 Å². The van der Waals surface area contributed by atoms with Crippen molar-refractivity contribution in [2.24, 2.45) is 0 Å². The van der Waals surface area contributed by atoms with Crippen LogP contribution in [0.4, 0.5) is 24.5 Å². The van der Waals surface area contributed by atoms with Gasteiger partial charge in [-0.3, -0.25) is 14.6 Å². The second kappa shape index (κ2) is 12.2. The summed E-state index contributed by atoms with van der Waals surface area (Å²) in [5, 5.41) is 2.87. The van der Waals surface area contributed by atoms with E-state index < -0.39 is 35.8 Å². The zero-order chi connectivity index (χ0) is 28.9. The number of nitrogens with one attached hydrogen (secondary N) is 1. The van der Waals surface area contributed by atoms with E-state index in [1.807, 2.05) is 0 Å². The maximum absolute atomic E-state index is 14.0. The van der Waals surface area contributed by atoms with Crippen LogP contribution >= 0.6 is 0 Å². The Balaban J connectivity index is 1.64. The number of nitrogens with zero attached hydrogens (tertiary/aromatic N) is 1. The summed E-state index contributed by atoms with van der Waals surface area (Å²) in [5.74, 6) is -1.80.